The predicted molar refractivity (Wildman–Crippen MR) is 84.0 cm³/mol. The average Bonchev–Trinajstić information content (AvgIpc) is 2.81. The molecule has 0 amide bonds. The Morgan fingerprint density at radius 1 is 1.24 bits per heavy atom. The Balaban J connectivity index is 1.90. The average molecular weight is 289 g/mol. The van der Waals surface area contributed by atoms with Crippen LogP contribution in [0.3, 0.4) is 0 Å². The van der Waals surface area contributed by atoms with Crippen molar-refractivity contribution in [2.24, 2.45) is 5.84 Å². The van der Waals surface area contributed by atoms with Gasteiger partial charge in [-0.1, -0.05) is 6.92 Å². The summed E-state index contributed by atoms with van der Waals surface area (Å²) < 4.78 is 2.03. The van der Waals surface area contributed by atoms with Gasteiger partial charge in [-0.2, -0.15) is 5.10 Å². The molecular weight excluding hydrogens is 266 g/mol. The number of aromatic nitrogens is 4. The van der Waals surface area contributed by atoms with Crippen LogP contribution in [0, 0.1) is 13.8 Å². The molecule has 0 saturated carbocycles. The number of hydrazine groups is 1. The lowest BCUT2D eigenvalue weighted by atomic mass is 10.2. The van der Waals surface area contributed by atoms with E-state index in [2.05, 4.69) is 45.7 Å². The second-order valence-electron chi connectivity index (χ2n) is 4.98. The highest BCUT2D eigenvalue weighted by molar-refractivity contribution is 5.56. The summed E-state index contributed by atoms with van der Waals surface area (Å²) in [7, 11) is 0. The first-order valence-corrected chi connectivity index (χ1v) is 7.21. The Hall–Kier alpha value is -2.15. The van der Waals surface area contributed by atoms with Crippen molar-refractivity contribution >= 4 is 11.6 Å². The molecule has 4 N–H and O–H groups in total. The lowest BCUT2D eigenvalue weighted by molar-refractivity contribution is 0.573. The Morgan fingerprint density at radius 3 is 2.62 bits per heavy atom. The number of nitrogens with zero attached hydrogens (tertiary/aromatic N) is 4. The van der Waals surface area contributed by atoms with Crippen molar-refractivity contribution < 1.29 is 0 Å². The maximum atomic E-state index is 5.47. The molecule has 0 saturated heterocycles. The predicted octanol–water partition coefficient (Wildman–Crippen LogP) is 1.64. The van der Waals surface area contributed by atoms with Gasteiger partial charge in [-0.15, -0.1) is 0 Å². The van der Waals surface area contributed by atoms with E-state index in [-0.39, 0.29) is 0 Å². The van der Waals surface area contributed by atoms with Crippen LogP contribution in [0.25, 0.3) is 0 Å². The monoisotopic (exact) mass is 289 g/mol. The molecule has 0 aliphatic heterocycles. The van der Waals surface area contributed by atoms with Crippen LogP contribution in [-0.2, 0) is 13.0 Å². The van der Waals surface area contributed by atoms with Gasteiger partial charge in [-0.25, -0.2) is 15.8 Å². The van der Waals surface area contributed by atoms with Crippen LogP contribution in [0.4, 0.5) is 11.6 Å². The number of anilines is 2. The van der Waals surface area contributed by atoms with Gasteiger partial charge in [-0.05, 0) is 32.8 Å². The van der Waals surface area contributed by atoms with E-state index in [4.69, 9.17) is 5.84 Å². The summed E-state index contributed by atoms with van der Waals surface area (Å²) in [6.45, 7) is 7.86. The summed E-state index contributed by atoms with van der Waals surface area (Å²) >= 11 is 0. The highest BCUT2D eigenvalue weighted by atomic mass is 15.3. The van der Waals surface area contributed by atoms with Crippen LogP contribution in [0.2, 0.25) is 0 Å². The number of rotatable bonds is 7. The largest absolute Gasteiger partial charge is 0.370 e. The molecule has 0 aromatic carbocycles. The Bertz CT molecular complexity index is 591. The molecule has 2 rings (SSSR count). The topological polar surface area (TPSA) is 93.7 Å². The standard InChI is InChI=1S/C14H23N7/c1-4-12-13(17-9-18-14(12)19-15)16-6-5-7-21-11(3)8-10(2)20-21/h8-9H,4-7,15H2,1-3H3,(H2,16,17,18,19). The molecule has 2 heterocycles. The maximum absolute atomic E-state index is 5.47. The zero-order valence-electron chi connectivity index (χ0n) is 12.8. The smallest absolute Gasteiger partial charge is 0.148 e. The molecule has 21 heavy (non-hydrogen) atoms. The summed E-state index contributed by atoms with van der Waals surface area (Å²) in [5, 5.41) is 7.80. The second kappa shape index (κ2) is 7.03. The summed E-state index contributed by atoms with van der Waals surface area (Å²) in [5.74, 6) is 6.98. The Kier molecular flexibility index (Phi) is 5.10. The van der Waals surface area contributed by atoms with Crippen LogP contribution in [0.1, 0.15) is 30.3 Å². The fraction of sp³-hybridized carbons (Fsp3) is 0.500. The van der Waals surface area contributed by atoms with E-state index in [9.17, 15) is 0 Å². The first-order valence-electron chi connectivity index (χ1n) is 7.21. The quantitative estimate of drug-likeness (QED) is 0.407. The first-order chi connectivity index (χ1) is 10.2. The first kappa shape index (κ1) is 15.2. The third-order valence-electron chi connectivity index (χ3n) is 3.38. The molecule has 7 nitrogen and oxygen atoms in total. The lowest BCUT2D eigenvalue weighted by Crippen LogP contribution is -2.15. The van der Waals surface area contributed by atoms with E-state index < -0.39 is 0 Å². The Labute approximate surface area is 124 Å². The summed E-state index contributed by atoms with van der Waals surface area (Å²) in [5.41, 5.74) is 5.87. The normalized spacial score (nSPS) is 10.7. The molecular formula is C14H23N7. The van der Waals surface area contributed by atoms with Crippen molar-refractivity contribution in [3.63, 3.8) is 0 Å². The zero-order valence-corrected chi connectivity index (χ0v) is 12.8. The summed E-state index contributed by atoms with van der Waals surface area (Å²) in [4.78, 5) is 8.40. The van der Waals surface area contributed by atoms with Gasteiger partial charge in [0, 0.05) is 24.3 Å². The number of hydrogen-bond acceptors (Lipinski definition) is 6. The van der Waals surface area contributed by atoms with Crippen LogP contribution >= 0.6 is 0 Å². The maximum Gasteiger partial charge on any atom is 0.148 e. The molecule has 0 unspecified atom stereocenters. The van der Waals surface area contributed by atoms with Crippen molar-refractivity contribution in [2.75, 3.05) is 17.3 Å². The van der Waals surface area contributed by atoms with Crippen molar-refractivity contribution in [1.29, 1.82) is 0 Å². The minimum atomic E-state index is 0.675. The van der Waals surface area contributed by atoms with E-state index in [0.29, 0.717) is 5.82 Å². The lowest BCUT2D eigenvalue weighted by Gasteiger charge is -2.12. The van der Waals surface area contributed by atoms with Gasteiger partial charge in [0.1, 0.15) is 18.0 Å². The third kappa shape index (κ3) is 3.69. The minimum absolute atomic E-state index is 0.675. The van der Waals surface area contributed by atoms with Gasteiger partial charge >= 0.3 is 0 Å². The number of hydrogen-bond donors (Lipinski definition) is 3. The van der Waals surface area contributed by atoms with Gasteiger partial charge in [0.05, 0.1) is 5.69 Å². The number of aryl methyl sites for hydroxylation is 3. The molecule has 0 aliphatic carbocycles. The fourth-order valence-corrected chi connectivity index (χ4v) is 2.36. The molecule has 2 aromatic rings. The minimum Gasteiger partial charge on any atom is -0.370 e. The van der Waals surface area contributed by atoms with E-state index in [1.807, 2.05) is 11.6 Å². The highest BCUT2D eigenvalue weighted by Gasteiger charge is 2.08. The molecule has 2 aromatic heterocycles. The van der Waals surface area contributed by atoms with Gasteiger partial charge in [0.2, 0.25) is 0 Å². The molecule has 0 radical (unpaired) electrons. The van der Waals surface area contributed by atoms with Crippen molar-refractivity contribution in [3.8, 4) is 0 Å². The van der Waals surface area contributed by atoms with Crippen LogP contribution in [0.5, 0.6) is 0 Å². The molecule has 0 aliphatic rings. The fourth-order valence-electron chi connectivity index (χ4n) is 2.36. The Morgan fingerprint density at radius 2 is 2.00 bits per heavy atom. The van der Waals surface area contributed by atoms with Gasteiger partial charge in [0.15, 0.2) is 0 Å². The van der Waals surface area contributed by atoms with Crippen LogP contribution in [-0.4, -0.2) is 26.3 Å². The molecule has 0 atom stereocenters. The third-order valence-corrected chi connectivity index (χ3v) is 3.38. The molecule has 0 fully saturated rings. The summed E-state index contributed by atoms with van der Waals surface area (Å²) in [6, 6.07) is 2.09. The second-order valence-corrected chi connectivity index (χ2v) is 4.98. The summed E-state index contributed by atoms with van der Waals surface area (Å²) in [6.07, 6.45) is 3.30. The SMILES string of the molecule is CCc1c(NN)ncnc1NCCCn1nc(C)cc1C. The number of nitrogens with two attached hydrogens (primary N) is 1. The van der Waals surface area contributed by atoms with Gasteiger partial charge in [-0.3, -0.25) is 4.68 Å². The van der Waals surface area contributed by atoms with Gasteiger partial charge < -0.3 is 10.7 Å². The van der Waals surface area contributed by atoms with Crippen molar-refractivity contribution in [3.05, 3.63) is 29.3 Å². The highest BCUT2D eigenvalue weighted by Crippen LogP contribution is 2.19. The molecule has 0 spiro atoms. The molecule has 7 heteroatoms. The van der Waals surface area contributed by atoms with Crippen molar-refractivity contribution in [1.82, 2.24) is 19.7 Å². The van der Waals surface area contributed by atoms with E-state index in [1.165, 1.54) is 12.0 Å². The zero-order chi connectivity index (χ0) is 15.2. The van der Waals surface area contributed by atoms with Crippen molar-refractivity contribution in [2.45, 2.75) is 40.2 Å². The van der Waals surface area contributed by atoms with Crippen LogP contribution < -0.4 is 16.6 Å². The van der Waals surface area contributed by atoms with Crippen LogP contribution in [0.15, 0.2) is 12.4 Å². The van der Waals surface area contributed by atoms with E-state index >= 15 is 0 Å². The molecule has 0 bridgehead atoms. The molecule has 114 valence electrons. The van der Waals surface area contributed by atoms with E-state index in [0.717, 1.165) is 43.0 Å². The van der Waals surface area contributed by atoms with Gasteiger partial charge in [0.25, 0.3) is 0 Å². The number of nitrogens with one attached hydrogen (secondary N) is 2. The van der Waals surface area contributed by atoms with E-state index in [1.54, 1.807) is 0 Å². The number of nitrogen functional groups attached to an aromatic ring is 1.